The summed E-state index contributed by atoms with van der Waals surface area (Å²) in [5, 5.41) is 1.10. The van der Waals surface area contributed by atoms with Crippen molar-refractivity contribution in [1.29, 1.82) is 0 Å². The minimum absolute atomic E-state index is 0.238. The molecule has 2 bridgehead atoms. The van der Waals surface area contributed by atoms with Gasteiger partial charge in [0.2, 0.25) is 0 Å². The van der Waals surface area contributed by atoms with Crippen LogP contribution in [-0.4, -0.2) is 52.0 Å². The summed E-state index contributed by atoms with van der Waals surface area (Å²) < 4.78 is 2.27. The van der Waals surface area contributed by atoms with Crippen molar-refractivity contribution in [3.63, 3.8) is 0 Å². The summed E-state index contributed by atoms with van der Waals surface area (Å²) >= 11 is 0. The summed E-state index contributed by atoms with van der Waals surface area (Å²) in [5.41, 5.74) is 3.62. The molecule has 2 aromatic rings. The molecule has 4 aliphatic rings. The highest BCUT2D eigenvalue weighted by molar-refractivity contribution is 6.06. The van der Waals surface area contributed by atoms with Gasteiger partial charge in [0.05, 0.1) is 6.04 Å². The average Bonchev–Trinajstić information content (AvgIpc) is 3.23. The van der Waals surface area contributed by atoms with Crippen molar-refractivity contribution in [2.75, 3.05) is 19.6 Å². The Morgan fingerprint density at radius 3 is 2.87 bits per heavy atom. The topological polar surface area (TPSA) is 28.5 Å². The van der Waals surface area contributed by atoms with Crippen LogP contribution in [0.4, 0.5) is 0 Å². The molecule has 1 aromatic carbocycles. The number of carbonyl (C=O) groups excluding carboxylic acids is 1. The van der Waals surface area contributed by atoms with Gasteiger partial charge in [-0.15, -0.1) is 0 Å². The zero-order valence-electron chi connectivity index (χ0n) is 19.0. The third-order valence-electron chi connectivity index (χ3n) is 8.47. The highest BCUT2D eigenvalue weighted by Crippen LogP contribution is 2.45. The van der Waals surface area contributed by atoms with Gasteiger partial charge in [-0.05, 0) is 82.5 Å². The molecule has 4 heterocycles. The van der Waals surface area contributed by atoms with E-state index >= 15 is 0 Å². The Bertz CT molecular complexity index is 1030. The SMILES string of the molecule is CC(C)n1ccc2c(C(=O)N3CCCC4=C[C@@H]5C[C@H](CN6CCCC[C@@H]56)[C@H]43)cccc21. The van der Waals surface area contributed by atoms with Crippen molar-refractivity contribution in [3.05, 3.63) is 47.7 Å². The molecule has 31 heavy (non-hydrogen) atoms. The first kappa shape index (κ1) is 19.6. The van der Waals surface area contributed by atoms with Crippen molar-refractivity contribution >= 4 is 16.8 Å². The third-order valence-corrected chi connectivity index (χ3v) is 8.47. The van der Waals surface area contributed by atoms with E-state index in [1.807, 2.05) is 6.07 Å². The quantitative estimate of drug-likeness (QED) is 0.624. The average molecular weight is 418 g/mol. The maximum atomic E-state index is 14.0. The molecule has 0 N–H and O–H groups in total. The number of amides is 1. The summed E-state index contributed by atoms with van der Waals surface area (Å²) in [6.45, 7) is 7.73. The molecule has 4 nitrogen and oxygen atoms in total. The van der Waals surface area contributed by atoms with E-state index in [0.717, 1.165) is 30.0 Å². The van der Waals surface area contributed by atoms with E-state index in [2.05, 4.69) is 58.7 Å². The summed E-state index contributed by atoms with van der Waals surface area (Å²) in [6.07, 6.45) is 12.4. The van der Waals surface area contributed by atoms with Crippen LogP contribution < -0.4 is 0 Å². The molecule has 0 radical (unpaired) electrons. The molecule has 0 spiro atoms. The molecule has 4 heteroatoms. The fourth-order valence-electron chi connectivity index (χ4n) is 7.18. The van der Waals surface area contributed by atoms with Gasteiger partial charge in [-0.25, -0.2) is 0 Å². The second-order valence-electron chi connectivity index (χ2n) is 10.6. The molecular weight excluding hydrogens is 382 g/mol. The lowest BCUT2D eigenvalue weighted by molar-refractivity contribution is 0.00153. The smallest absolute Gasteiger partial charge is 0.255 e. The molecule has 3 fully saturated rings. The fraction of sp³-hybridized carbons (Fsp3) is 0.593. The lowest BCUT2D eigenvalue weighted by atomic mass is 9.68. The van der Waals surface area contributed by atoms with E-state index in [4.69, 9.17) is 0 Å². The van der Waals surface area contributed by atoms with Crippen LogP contribution in [0.3, 0.4) is 0 Å². The summed E-state index contributed by atoms with van der Waals surface area (Å²) in [7, 11) is 0. The van der Waals surface area contributed by atoms with Crippen LogP contribution >= 0.6 is 0 Å². The molecule has 4 atom stereocenters. The van der Waals surface area contributed by atoms with Crippen molar-refractivity contribution in [2.24, 2.45) is 11.8 Å². The zero-order chi connectivity index (χ0) is 21.1. The van der Waals surface area contributed by atoms with Crippen LogP contribution in [-0.2, 0) is 0 Å². The van der Waals surface area contributed by atoms with Crippen molar-refractivity contribution in [3.8, 4) is 0 Å². The number of benzene rings is 1. The molecule has 0 unspecified atom stereocenters. The second kappa shape index (κ2) is 7.51. The minimum atomic E-state index is 0.238. The Morgan fingerprint density at radius 2 is 2.00 bits per heavy atom. The van der Waals surface area contributed by atoms with Gasteiger partial charge in [-0.3, -0.25) is 9.69 Å². The first-order valence-electron chi connectivity index (χ1n) is 12.5. The summed E-state index contributed by atoms with van der Waals surface area (Å²) in [4.78, 5) is 19.0. The largest absolute Gasteiger partial charge is 0.345 e. The number of rotatable bonds is 2. The van der Waals surface area contributed by atoms with Gasteiger partial charge in [0.15, 0.2) is 0 Å². The monoisotopic (exact) mass is 417 g/mol. The third kappa shape index (κ3) is 3.09. The Labute approximate surface area is 185 Å². The van der Waals surface area contributed by atoms with Crippen LogP contribution in [0.1, 0.15) is 68.8 Å². The van der Waals surface area contributed by atoms with E-state index in [1.165, 1.54) is 50.7 Å². The fourth-order valence-corrected chi connectivity index (χ4v) is 7.18. The Morgan fingerprint density at radius 1 is 1.10 bits per heavy atom. The molecule has 1 aromatic heterocycles. The maximum absolute atomic E-state index is 14.0. The van der Waals surface area contributed by atoms with Crippen LogP contribution in [0.15, 0.2) is 42.1 Å². The lowest BCUT2D eigenvalue weighted by Crippen LogP contribution is -2.60. The summed E-state index contributed by atoms with van der Waals surface area (Å²) in [6, 6.07) is 9.85. The van der Waals surface area contributed by atoms with Gasteiger partial charge < -0.3 is 9.47 Å². The van der Waals surface area contributed by atoms with E-state index in [0.29, 0.717) is 23.9 Å². The van der Waals surface area contributed by atoms with Crippen molar-refractivity contribution < 1.29 is 4.79 Å². The minimum Gasteiger partial charge on any atom is -0.345 e. The standard InChI is InChI=1S/C27H35N3O/c1-18(2)29-14-11-22-23(8-5-10-25(22)29)27(31)30-13-6-7-19-15-20-16-21(26(19)30)17-28-12-4-3-9-24(20)28/h5,8,10-11,14-15,18,20-21,24,26H,3-4,6-7,9,12-13,16-17H2,1-2H3/t20-,21-,24+,26+/m1/s1. The number of likely N-dealkylation sites (tertiary alicyclic amines) is 1. The number of nitrogens with zero attached hydrogens (tertiary/aromatic N) is 3. The van der Waals surface area contributed by atoms with Crippen LogP contribution in [0.25, 0.3) is 10.9 Å². The van der Waals surface area contributed by atoms with E-state index in [9.17, 15) is 4.79 Å². The van der Waals surface area contributed by atoms with E-state index < -0.39 is 0 Å². The molecule has 164 valence electrons. The van der Waals surface area contributed by atoms with Gasteiger partial charge in [0, 0.05) is 47.8 Å². The molecular formula is C27H35N3O. The van der Waals surface area contributed by atoms with Crippen LogP contribution in [0.2, 0.25) is 0 Å². The first-order valence-corrected chi connectivity index (χ1v) is 12.5. The van der Waals surface area contributed by atoms with Gasteiger partial charge >= 0.3 is 0 Å². The van der Waals surface area contributed by atoms with Crippen molar-refractivity contribution in [1.82, 2.24) is 14.4 Å². The number of hydrogen-bond acceptors (Lipinski definition) is 2. The molecule has 6 rings (SSSR count). The highest BCUT2D eigenvalue weighted by Gasteiger charge is 2.47. The van der Waals surface area contributed by atoms with E-state index in [1.54, 1.807) is 5.57 Å². The Hall–Kier alpha value is -2.07. The number of fused-ring (bicyclic) bond motifs is 7. The molecule has 1 aliphatic carbocycles. The second-order valence-corrected chi connectivity index (χ2v) is 10.6. The number of carbonyl (C=O) groups is 1. The molecule has 3 aliphatic heterocycles. The molecule has 3 saturated heterocycles. The molecule has 1 amide bonds. The van der Waals surface area contributed by atoms with E-state index in [-0.39, 0.29) is 5.91 Å². The number of hydrogen-bond donors (Lipinski definition) is 0. The van der Waals surface area contributed by atoms with Crippen LogP contribution in [0.5, 0.6) is 0 Å². The normalized spacial score (nSPS) is 30.8. The van der Waals surface area contributed by atoms with Gasteiger partial charge in [0.25, 0.3) is 5.91 Å². The Kier molecular flexibility index (Phi) is 4.75. The van der Waals surface area contributed by atoms with Crippen LogP contribution in [0, 0.1) is 11.8 Å². The molecule has 0 saturated carbocycles. The van der Waals surface area contributed by atoms with Gasteiger partial charge in [-0.1, -0.05) is 24.1 Å². The zero-order valence-corrected chi connectivity index (χ0v) is 19.0. The lowest BCUT2D eigenvalue weighted by Gasteiger charge is -2.54. The Balaban J connectivity index is 1.36. The van der Waals surface area contributed by atoms with Crippen molar-refractivity contribution in [2.45, 2.75) is 70.5 Å². The maximum Gasteiger partial charge on any atom is 0.255 e. The van der Waals surface area contributed by atoms with Gasteiger partial charge in [-0.2, -0.15) is 0 Å². The predicted molar refractivity (Wildman–Crippen MR) is 125 cm³/mol. The first-order chi connectivity index (χ1) is 15.1. The highest BCUT2D eigenvalue weighted by atomic mass is 16.2. The number of aromatic nitrogens is 1. The van der Waals surface area contributed by atoms with Gasteiger partial charge in [0.1, 0.15) is 0 Å². The summed E-state index contributed by atoms with van der Waals surface area (Å²) in [5.74, 6) is 1.55. The predicted octanol–water partition coefficient (Wildman–Crippen LogP) is 5.26. The number of piperidine rings is 3.